The molecule has 1 rings (SSSR count). The molecular weight excluding hydrogens is 134 g/mol. The van der Waals surface area contributed by atoms with E-state index >= 15 is 0 Å². The van der Waals surface area contributed by atoms with Crippen LogP contribution in [0, 0.1) is 0 Å². The Labute approximate surface area is 68.7 Å². The molecule has 0 fully saturated rings. The van der Waals surface area contributed by atoms with Crippen molar-refractivity contribution in [2.45, 2.75) is 20.3 Å². The summed E-state index contributed by atoms with van der Waals surface area (Å²) in [5.74, 6) is 0. The van der Waals surface area contributed by atoms with E-state index in [1.165, 1.54) is 11.3 Å². The summed E-state index contributed by atoms with van der Waals surface area (Å²) in [5, 5.41) is 0. The monoisotopic (exact) mass is 149 g/mol. The molecule has 1 aliphatic rings. The smallest absolute Gasteiger partial charge is 0.0363 e. The van der Waals surface area contributed by atoms with Crippen LogP contribution in [0.3, 0.4) is 0 Å². The number of hydrogen-bond donors (Lipinski definition) is 0. The lowest BCUT2D eigenvalue weighted by Crippen LogP contribution is -2.11. The number of rotatable bonds is 1. The van der Waals surface area contributed by atoms with E-state index in [0.29, 0.717) is 0 Å². The minimum atomic E-state index is 1.09. The Hall–Kier alpha value is -0.980. The average molecular weight is 149 g/mol. The summed E-state index contributed by atoms with van der Waals surface area (Å²) < 4.78 is 0. The van der Waals surface area contributed by atoms with Gasteiger partial charge in [0.15, 0.2) is 0 Å². The van der Waals surface area contributed by atoms with Gasteiger partial charge in [-0.2, -0.15) is 0 Å². The quantitative estimate of drug-likeness (QED) is 0.554. The van der Waals surface area contributed by atoms with Crippen LogP contribution < -0.4 is 0 Å². The van der Waals surface area contributed by atoms with Crippen molar-refractivity contribution >= 4 is 0 Å². The fourth-order valence-corrected chi connectivity index (χ4v) is 1.18. The van der Waals surface area contributed by atoms with Gasteiger partial charge in [-0.3, -0.25) is 0 Å². The molecule has 1 nitrogen and oxygen atoms in total. The molecule has 60 valence electrons. The van der Waals surface area contributed by atoms with Crippen LogP contribution in [0.1, 0.15) is 20.3 Å². The molecule has 0 aromatic carbocycles. The van der Waals surface area contributed by atoms with Gasteiger partial charge in [0.2, 0.25) is 0 Å². The van der Waals surface area contributed by atoms with Crippen LogP contribution in [0.25, 0.3) is 0 Å². The first-order valence-electron chi connectivity index (χ1n) is 4.03. The minimum absolute atomic E-state index is 1.09. The molecule has 0 N–H and O–H groups in total. The molecule has 0 radical (unpaired) electrons. The molecule has 0 aliphatic carbocycles. The SMILES string of the molecule is CC/C=C1\C=CC(C)=CN1C. The first-order chi connectivity index (χ1) is 5.24. The van der Waals surface area contributed by atoms with E-state index in [4.69, 9.17) is 0 Å². The Bertz CT molecular complexity index is 221. The van der Waals surface area contributed by atoms with E-state index in [2.05, 4.69) is 50.2 Å². The van der Waals surface area contributed by atoms with Gasteiger partial charge in [-0.15, -0.1) is 0 Å². The van der Waals surface area contributed by atoms with Gasteiger partial charge in [0.05, 0.1) is 0 Å². The predicted octanol–water partition coefficient (Wildman–Crippen LogP) is 2.69. The molecule has 0 saturated heterocycles. The molecule has 0 saturated carbocycles. The Balaban J connectivity index is 2.77. The van der Waals surface area contributed by atoms with Crippen LogP contribution in [0.2, 0.25) is 0 Å². The molecule has 1 heteroatoms. The average Bonchev–Trinajstić information content (AvgIpc) is 1.95. The minimum Gasteiger partial charge on any atom is -0.351 e. The van der Waals surface area contributed by atoms with Gasteiger partial charge in [0.25, 0.3) is 0 Å². The lowest BCUT2D eigenvalue weighted by Gasteiger charge is -2.19. The Morgan fingerprint density at radius 2 is 2.18 bits per heavy atom. The molecule has 0 spiro atoms. The van der Waals surface area contributed by atoms with E-state index < -0.39 is 0 Å². The molecule has 11 heavy (non-hydrogen) atoms. The third-order valence-electron chi connectivity index (χ3n) is 1.73. The first kappa shape index (κ1) is 8.12. The zero-order valence-corrected chi connectivity index (χ0v) is 7.46. The van der Waals surface area contributed by atoms with Crippen molar-refractivity contribution in [1.29, 1.82) is 0 Å². The van der Waals surface area contributed by atoms with Gasteiger partial charge in [-0.1, -0.05) is 19.1 Å². The molecular formula is C10H15N. The lowest BCUT2D eigenvalue weighted by molar-refractivity contribution is 0.575. The fourth-order valence-electron chi connectivity index (χ4n) is 1.18. The predicted molar refractivity (Wildman–Crippen MR) is 49.0 cm³/mol. The molecule has 0 atom stereocenters. The number of nitrogens with zero attached hydrogens (tertiary/aromatic N) is 1. The van der Waals surface area contributed by atoms with Gasteiger partial charge in [-0.25, -0.2) is 0 Å². The van der Waals surface area contributed by atoms with Crippen molar-refractivity contribution < 1.29 is 0 Å². The highest BCUT2D eigenvalue weighted by molar-refractivity contribution is 5.32. The number of allylic oxidation sites excluding steroid dienone is 4. The maximum absolute atomic E-state index is 2.22. The van der Waals surface area contributed by atoms with Gasteiger partial charge in [-0.05, 0) is 25.0 Å². The lowest BCUT2D eigenvalue weighted by atomic mass is 10.2. The molecule has 1 aliphatic heterocycles. The normalized spacial score (nSPS) is 20.8. The molecule has 0 unspecified atom stereocenters. The third kappa shape index (κ3) is 1.97. The van der Waals surface area contributed by atoms with Crippen molar-refractivity contribution in [3.05, 3.63) is 35.7 Å². The zero-order chi connectivity index (χ0) is 8.27. The Kier molecular flexibility index (Phi) is 2.53. The highest BCUT2D eigenvalue weighted by Crippen LogP contribution is 2.14. The van der Waals surface area contributed by atoms with Gasteiger partial charge < -0.3 is 4.90 Å². The van der Waals surface area contributed by atoms with E-state index in [1.54, 1.807) is 0 Å². The summed E-state index contributed by atoms with van der Waals surface area (Å²) in [4.78, 5) is 2.15. The third-order valence-corrected chi connectivity index (χ3v) is 1.73. The van der Waals surface area contributed by atoms with Crippen molar-refractivity contribution in [2.75, 3.05) is 7.05 Å². The molecule has 1 heterocycles. The highest BCUT2D eigenvalue weighted by Gasteiger charge is 2.01. The van der Waals surface area contributed by atoms with Crippen molar-refractivity contribution in [3.8, 4) is 0 Å². The Morgan fingerprint density at radius 3 is 2.73 bits per heavy atom. The molecule has 0 amide bonds. The van der Waals surface area contributed by atoms with Gasteiger partial charge in [0.1, 0.15) is 0 Å². The van der Waals surface area contributed by atoms with E-state index in [0.717, 1.165) is 6.42 Å². The van der Waals surface area contributed by atoms with Crippen LogP contribution in [0.4, 0.5) is 0 Å². The highest BCUT2D eigenvalue weighted by atomic mass is 15.1. The van der Waals surface area contributed by atoms with Crippen LogP contribution in [0.15, 0.2) is 35.7 Å². The standard InChI is InChI=1S/C10H15N/c1-4-5-10-7-6-9(2)8-11(10)3/h5-8H,4H2,1-3H3/b10-5+. The van der Waals surface area contributed by atoms with Crippen LogP contribution in [-0.2, 0) is 0 Å². The van der Waals surface area contributed by atoms with Crippen molar-refractivity contribution in [2.24, 2.45) is 0 Å². The van der Waals surface area contributed by atoms with Gasteiger partial charge >= 0.3 is 0 Å². The van der Waals surface area contributed by atoms with Crippen molar-refractivity contribution in [1.82, 2.24) is 4.90 Å². The maximum Gasteiger partial charge on any atom is 0.0363 e. The van der Waals surface area contributed by atoms with E-state index in [1.807, 2.05) is 0 Å². The van der Waals surface area contributed by atoms with E-state index in [-0.39, 0.29) is 0 Å². The summed E-state index contributed by atoms with van der Waals surface area (Å²) in [6, 6.07) is 0. The molecule has 0 aromatic rings. The van der Waals surface area contributed by atoms with Crippen LogP contribution in [0.5, 0.6) is 0 Å². The Morgan fingerprint density at radius 1 is 1.45 bits per heavy atom. The van der Waals surface area contributed by atoms with E-state index in [9.17, 15) is 0 Å². The van der Waals surface area contributed by atoms with Crippen molar-refractivity contribution in [3.63, 3.8) is 0 Å². The summed E-state index contributed by atoms with van der Waals surface area (Å²) in [5.41, 5.74) is 2.60. The molecule has 0 aromatic heterocycles. The molecule has 0 bridgehead atoms. The largest absolute Gasteiger partial charge is 0.351 e. The summed E-state index contributed by atoms with van der Waals surface area (Å²) in [6.45, 7) is 4.26. The van der Waals surface area contributed by atoms with Crippen LogP contribution in [-0.4, -0.2) is 11.9 Å². The second-order valence-electron chi connectivity index (χ2n) is 2.85. The maximum atomic E-state index is 2.22. The summed E-state index contributed by atoms with van der Waals surface area (Å²) >= 11 is 0. The number of hydrogen-bond acceptors (Lipinski definition) is 1. The fraction of sp³-hybridized carbons (Fsp3) is 0.400. The summed E-state index contributed by atoms with van der Waals surface area (Å²) in [6.07, 6.45) is 9.75. The second-order valence-corrected chi connectivity index (χ2v) is 2.85. The second kappa shape index (κ2) is 3.42. The topological polar surface area (TPSA) is 3.24 Å². The number of likely N-dealkylation sites (N-methyl/N-ethyl adjacent to an activating group) is 1. The summed E-state index contributed by atoms with van der Waals surface area (Å²) in [7, 11) is 2.08. The zero-order valence-electron chi connectivity index (χ0n) is 7.46. The first-order valence-corrected chi connectivity index (χ1v) is 4.03. The van der Waals surface area contributed by atoms with Crippen LogP contribution >= 0.6 is 0 Å². The van der Waals surface area contributed by atoms with Gasteiger partial charge in [0, 0.05) is 18.9 Å².